The van der Waals surface area contributed by atoms with Crippen LogP contribution in [0.25, 0.3) is 11.0 Å². The third-order valence-corrected chi connectivity index (χ3v) is 2.90. The quantitative estimate of drug-likeness (QED) is 0.671. The molecule has 0 saturated carbocycles. The molecule has 0 bridgehead atoms. The molecule has 0 aliphatic heterocycles. The Hall–Kier alpha value is -3.22. The molecule has 2 heterocycles. The zero-order valence-electron chi connectivity index (χ0n) is 10.8. The smallest absolute Gasteiger partial charge is 0.284 e. The highest BCUT2D eigenvalue weighted by atomic mass is 16.2. The number of amides is 2. The molecule has 1 aromatic carbocycles. The fourth-order valence-corrected chi connectivity index (χ4v) is 1.95. The topological polar surface area (TPSA) is 114 Å². The SMILES string of the molecule is NC(=O)c1nc2c(C(=O)Nc3ccccn3)cccc2[nH]1. The van der Waals surface area contributed by atoms with Crippen LogP contribution in [0.4, 0.5) is 5.82 Å². The summed E-state index contributed by atoms with van der Waals surface area (Å²) < 4.78 is 0. The Morgan fingerprint density at radius 2 is 2.00 bits per heavy atom. The van der Waals surface area contributed by atoms with E-state index in [-0.39, 0.29) is 11.7 Å². The number of rotatable bonds is 3. The summed E-state index contributed by atoms with van der Waals surface area (Å²) in [7, 11) is 0. The predicted octanol–water partition coefficient (Wildman–Crippen LogP) is 1.31. The third kappa shape index (κ3) is 2.44. The molecule has 3 rings (SSSR count). The number of carbonyl (C=O) groups is 2. The number of imidazole rings is 1. The molecule has 0 radical (unpaired) electrons. The van der Waals surface area contributed by atoms with Crippen LogP contribution in [0.5, 0.6) is 0 Å². The summed E-state index contributed by atoms with van der Waals surface area (Å²) in [5, 5.41) is 2.67. The average Bonchev–Trinajstić information content (AvgIpc) is 2.92. The maximum Gasteiger partial charge on any atom is 0.284 e. The number of anilines is 1. The van der Waals surface area contributed by atoms with Gasteiger partial charge < -0.3 is 16.0 Å². The number of fused-ring (bicyclic) bond motifs is 1. The van der Waals surface area contributed by atoms with Crippen molar-refractivity contribution in [3.63, 3.8) is 0 Å². The largest absolute Gasteiger partial charge is 0.363 e. The number of carbonyl (C=O) groups excluding carboxylic acids is 2. The van der Waals surface area contributed by atoms with Gasteiger partial charge in [-0.1, -0.05) is 12.1 Å². The van der Waals surface area contributed by atoms with Gasteiger partial charge in [0.2, 0.25) is 0 Å². The molecule has 0 aliphatic rings. The standard InChI is InChI=1S/C14H11N5O2/c15-12(20)13-17-9-5-3-4-8(11(9)19-13)14(21)18-10-6-1-2-7-16-10/h1-7H,(H2,15,20)(H,17,19)(H,16,18,21). The van der Waals surface area contributed by atoms with Crippen LogP contribution in [0.15, 0.2) is 42.6 Å². The van der Waals surface area contributed by atoms with Crippen molar-refractivity contribution in [1.29, 1.82) is 0 Å². The van der Waals surface area contributed by atoms with Crippen molar-refractivity contribution >= 4 is 28.7 Å². The van der Waals surface area contributed by atoms with Crippen LogP contribution >= 0.6 is 0 Å². The Morgan fingerprint density at radius 1 is 1.14 bits per heavy atom. The molecule has 7 heteroatoms. The van der Waals surface area contributed by atoms with Crippen LogP contribution in [0.1, 0.15) is 21.0 Å². The molecule has 3 aromatic rings. The van der Waals surface area contributed by atoms with Crippen LogP contribution < -0.4 is 11.1 Å². The molecule has 0 spiro atoms. The second-order valence-corrected chi connectivity index (χ2v) is 4.32. The molecule has 0 aliphatic carbocycles. The van der Waals surface area contributed by atoms with E-state index in [2.05, 4.69) is 20.3 Å². The minimum absolute atomic E-state index is 0.0167. The van der Waals surface area contributed by atoms with Crippen LogP contribution in [0, 0.1) is 0 Å². The number of aromatic amines is 1. The van der Waals surface area contributed by atoms with Crippen molar-refractivity contribution < 1.29 is 9.59 Å². The van der Waals surface area contributed by atoms with Crippen molar-refractivity contribution in [1.82, 2.24) is 15.0 Å². The lowest BCUT2D eigenvalue weighted by Gasteiger charge is -2.04. The summed E-state index contributed by atoms with van der Waals surface area (Å²) in [6.45, 7) is 0. The molecule has 0 fully saturated rings. The average molecular weight is 281 g/mol. The van der Waals surface area contributed by atoms with Gasteiger partial charge in [0.25, 0.3) is 11.8 Å². The van der Waals surface area contributed by atoms with Gasteiger partial charge in [-0.05, 0) is 24.3 Å². The molecule has 21 heavy (non-hydrogen) atoms. The lowest BCUT2D eigenvalue weighted by Crippen LogP contribution is -2.14. The molecule has 4 N–H and O–H groups in total. The lowest BCUT2D eigenvalue weighted by atomic mass is 10.1. The van der Waals surface area contributed by atoms with Gasteiger partial charge in [-0.15, -0.1) is 0 Å². The Bertz CT molecular complexity index is 826. The molecule has 0 atom stereocenters. The highest BCUT2D eigenvalue weighted by Gasteiger charge is 2.15. The number of nitrogens with one attached hydrogen (secondary N) is 2. The molecular weight excluding hydrogens is 270 g/mol. The van der Waals surface area contributed by atoms with Gasteiger partial charge in [-0.2, -0.15) is 0 Å². The number of H-pyrrole nitrogens is 1. The first-order chi connectivity index (χ1) is 10.1. The Morgan fingerprint density at radius 3 is 2.71 bits per heavy atom. The number of hydrogen-bond acceptors (Lipinski definition) is 4. The second-order valence-electron chi connectivity index (χ2n) is 4.32. The lowest BCUT2D eigenvalue weighted by molar-refractivity contribution is 0.0989. The number of nitrogens with two attached hydrogens (primary N) is 1. The van der Waals surface area contributed by atoms with Crippen molar-refractivity contribution in [2.75, 3.05) is 5.32 Å². The number of nitrogens with zero attached hydrogens (tertiary/aromatic N) is 2. The molecule has 0 unspecified atom stereocenters. The van der Waals surface area contributed by atoms with Crippen molar-refractivity contribution in [3.8, 4) is 0 Å². The van der Waals surface area contributed by atoms with Crippen LogP contribution in [0.2, 0.25) is 0 Å². The van der Waals surface area contributed by atoms with Crippen LogP contribution in [-0.4, -0.2) is 26.8 Å². The summed E-state index contributed by atoms with van der Waals surface area (Å²) >= 11 is 0. The Kier molecular flexibility index (Phi) is 3.07. The van der Waals surface area contributed by atoms with Crippen LogP contribution in [-0.2, 0) is 0 Å². The number of para-hydroxylation sites is 1. The van der Waals surface area contributed by atoms with Gasteiger partial charge >= 0.3 is 0 Å². The van der Waals surface area contributed by atoms with Gasteiger partial charge in [-0.25, -0.2) is 9.97 Å². The molecule has 104 valence electrons. The summed E-state index contributed by atoms with van der Waals surface area (Å²) in [5.41, 5.74) is 6.47. The molecular formula is C14H11N5O2. The van der Waals surface area contributed by atoms with E-state index in [1.165, 1.54) is 0 Å². The first kappa shape index (κ1) is 12.8. The number of pyridine rings is 1. The fraction of sp³-hybridized carbons (Fsp3) is 0. The third-order valence-electron chi connectivity index (χ3n) is 2.90. The van der Waals surface area contributed by atoms with Crippen molar-refractivity contribution in [2.24, 2.45) is 5.73 Å². The van der Waals surface area contributed by atoms with E-state index in [1.807, 2.05) is 0 Å². The van der Waals surface area contributed by atoms with Crippen LogP contribution in [0.3, 0.4) is 0 Å². The van der Waals surface area contributed by atoms with Crippen molar-refractivity contribution in [2.45, 2.75) is 0 Å². The number of primary amides is 1. The summed E-state index contributed by atoms with van der Waals surface area (Å²) in [4.78, 5) is 34.3. The highest BCUT2D eigenvalue weighted by molar-refractivity contribution is 6.11. The van der Waals surface area contributed by atoms with E-state index in [1.54, 1.807) is 42.6 Å². The van der Waals surface area contributed by atoms with E-state index in [9.17, 15) is 9.59 Å². The molecule has 2 aromatic heterocycles. The van der Waals surface area contributed by atoms with E-state index >= 15 is 0 Å². The van der Waals surface area contributed by atoms with E-state index in [0.717, 1.165) is 0 Å². The van der Waals surface area contributed by atoms with Crippen molar-refractivity contribution in [3.05, 3.63) is 54.0 Å². The van der Waals surface area contributed by atoms with Gasteiger partial charge in [0.15, 0.2) is 5.82 Å². The summed E-state index contributed by atoms with van der Waals surface area (Å²) in [6.07, 6.45) is 1.58. The normalized spacial score (nSPS) is 10.5. The molecule has 0 saturated heterocycles. The zero-order valence-corrected chi connectivity index (χ0v) is 10.8. The molecule has 2 amide bonds. The van der Waals surface area contributed by atoms with Gasteiger partial charge in [0, 0.05) is 6.20 Å². The fourth-order valence-electron chi connectivity index (χ4n) is 1.95. The zero-order chi connectivity index (χ0) is 14.8. The van der Waals surface area contributed by atoms with Gasteiger partial charge in [0.1, 0.15) is 11.3 Å². The summed E-state index contributed by atoms with van der Waals surface area (Å²) in [6, 6.07) is 10.2. The molecule has 7 nitrogen and oxygen atoms in total. The van der Waals surface area contributed by atoms with E-state index in [0.29, 0.717) is 22.4 Å². The Labute approximate surface area is 119 Å². The van der Waals surface area contributed by atoms with E-state index in [4.69, 9.17) is 5.73 Å². The first-order valence-electron chi connectivity index (χ1n) is 6.16. The number of benzene rings is 1. The highest BCUT2D eigenvalue weighted by Crippen LogP contribution is 2.17. The Balaban J connectivity index is 2.00. The van der Waals surface area contributed by atoms with Gasteiger partial charge in [-0.3, -0.25) is 9.59 Å². The maximum atomic E-state index is 12.3. The second kappa shape index (κ2) is 5.04. The first-order valence-corrected chi connectivity index (χ1v) is 6.16. The minimum Gasteiger partial charge on any atom is -0.363 e. The maximum absolute atomic E-state index is 12.3. The number of aromatic nitrogens is 3. The van der Waals surface area contributed by atoms with Gasteiger partial charge in [0.05, 0.1) is 11.1 Å². The number of hydrogen-bond donors (Lipinski definition) is 3. The summed E-state index contributed by atoms with van der Waals surface area (Å²) in [5.74, 6) is -0.586. The predicted molar refractivity (Wildman–Crippen MR) is 76.8 cm³/mol. The monoisotopic (exact) mass is 281 g/mol. The van der Waals surface area contributed by atoms with E-state index < -0.39 is 5.91 Å². The minimum atomic E-state index is -0.678.